The molecule has 0 amide bonds. The highest BCUT2D eigenvalue weighted by Crippen LogP contribution is 2.18. The first kappa shape index (κ1) is 15.4. The van der Waals surface area contributed by atoms with E-state index in [0.717, 1.165) is 29.0 Å². The van der Waals surface area contributed by atoms with Crippen LogP contribution >= 0.6 is 11.3 Å². The second-order valence-electron chi connectivity index (χ2n) is 4.75. The van der Waals surface area contributed by atoms with E-state index in [2.05, 4.69) is 35.3 Å². The lowest BCUT2D eigenvalue weighted by molar-refractivity contribution is 0.201. The largest absolute Gasteiger partial charge is 0.494 e. The van der Waals surface area contributed by atoms with Gasteiger partial charge in [0.15, 0.2) is 0 Å². The number of aromatic nitrogens is 2. The third-order valence-electron chi connectivity index (χ3n) is 3.04. The summed E-state index contributed by atoms with van der Waals surface area (Å²) in [7, 11) is 0. The number of ether oxygens (including phenoxy) is 1. The van der Waals surface area contributed by atoms with E-state index in [1.54, 1.807) is 23.7 Å². The summed E-state index contributed by atoms with van der Waals surface area (Å²) in [6.45, 7) is 6.72. The van der Waals surface area contributed by atoms with Crippen LogP contribution in [0.5, 0.6) is 0 Å². The third kappa shape index (κ3) is 4.83. The van der Waals surface area contributed by atoms with Crippen molar-refractivity contribution in [3.63, 3.8) is 0 Å². The van der Waals surface area contributed by atoms with Gasteiger partial charge < -0.3 is 4.74 Å². The summed E-state index contributed by atoms with van der Waals surface area (Å²) < 4.78 is 5.71. The van der Waals surface area contributed by atoms with Gasteiger partial charge >= 0.3 is 0 Å². The molecular formula is C17H20N2OS. The molecular weight excluding hydrogens is 280 g/mol. The molecule has 0 N–H and O–H groups in total. The van der Waals surface area contributed by atoms with E-state index < -0.39 is 0 Å². The molecule has 2 heterocycles. The standard InChI is InChI=1S/C17H20N2OS/c1-4-17-19-16(12-21-17)13(2)5-6-14(3)20-11-15-7-9-18-10-8-15/h5-10,12H,4,11H2,1-3H3/b13-5+,14-6+. The molecule has 0 aliphatic heterocycles. The first-order chi connectivity index (χ1) is 10.2. The fourth-order valence-corrected chi connectivity index (χ4v) is 2.51. The number of hydrogen-bond acceptors (Lipinski definition) is 4. The third-order valence-corrected chi connectivity index (χ3v) is 4.04. The van der Waals surface area contributed by atoms with Crippen molar-refractivity contribution in [3.05, 3.63) is 64.1 Å². The van der Waals surface area contributed by atoms with Gasteiger partial charge in [0, 0.05) is 17.8 Å². The highest BCUT2D eigenvalue weighted by atomic mass is 32.1. The normalized spacial score (nSPS) is 12.5. The quantitative estimate of drug-likeness (QED) is 0.576. The van der Waals surface area contributed by atoms with Crippen molar-refractivity contribution in [1.29, 1.82) is 0 Å². The van der Waals surface area contributed by atoms with Crippen LogP contribution in [0.1, 0.15) is 37.0 Å². The second kappa shape index (κ2) is 7.74. The molecule has 0 saturated heterocycles. The van der Waals surface area contributed by atoms with Crippen molar-refractivity contribution < 1.29 is 4.74 Å². The van der Waals surface area contributed by atoms with Gasteiger partial charge in [0.2, 0.25) is 0 Å². The van der Waals surface area contributed by atoms with Gasteiger partial charge in [-0.1, -0.05) is 13.0 Å². The van der Waals surface area contributed by atoms with Crippen LogP contribution in [-0.4, -0.2) is 9.97 Å². The monoisotopic (exact) mass is 300 g/mol. The SMILES string of the molecule is CCc1nc(/C(C)=C/C=C(\C)OCc2ccncc2)cs1. The summed E-state index contributed by atoms with van der Waals surface area (Å²) in [5.41, 5.74) is 3.32. The number of pyridine rings is 1. The van der Waals surface area contributed by atoms with Gasteiger partial charge in [-0.05, 0) is 49.6 Å². The van der Waals surface area contributed by atoms with E-state index in [1.165, 1.54) is 5.01 Å². The number of rotatable bonds is 6. The maximum absolute atomic E-state index is 5.71. The van der Waals surface area contributed by atoms with Crippen molar-refractivity contribution in [3.8, 4) is 0 Å². The molecule has 4 heteroatoms. The predicted octanol–water partition coefficient (Wildman–Crippen LogP) is 4.62. The summed E-state index contributed by atoms with van der Waals surface area (Å²) in [6.07, 6.45) is 8.57. The minimum absolute atomic E-state index is 0.564. The summed E-state index contributed by atoms with van der Waals surface area (Å²) in [5.74, 6) is 0.886. The maximum Gasteiger partial charge on any atom is 0.113 e. The summed E-state index contributed by atoms with van der Waals surface area (Å²) in [4.78, 5) is 8.56. The minimum Gasteiger partial charge on any atom is -0.494 e. The Kier molecular flexibility index (Phi) is 5.69. The molecule has 3 nitrogen and oxygen atoms in total. The summed E-state index contributed by atoms with van der Waals surface area (Å²) >= 11 is 1.71. The molecule has 0 unspecified atom stereocenters. The Hall–Kier alpha value is -1.94. The molecule has 0 radical (unpaired) electrons. The molecule has 0 atom stereocenters. The van der Waals surface area contributed by atoms with E-state index in [4.69, 9.17) is 4.74 Å². The average molecular weight is 300 g/mol. The highest BCUT2D eigenvalue weighted by Gasteiger charge is 2.01. The number of hydrogen-bond donors (Lipinski definition) is 0. The number of aryl methyl sites for hydroxylation is 1. The Morgan fingerprint density at radius 3 is 2.67 bits per heavy atom. The maximum atomic E-state index is 5.71. The molecule has 0 saturated carbocycles. The Balaban J connectivity index is 1.93. The lowest BCUT2D eigenvalue weighted by Crippen LogP contribution is -1.90. The number of thiazole rings is 1. The van der Waals surface area contributed by atoms with Gasteiger partial charge in [-0.25, -0.2) is 4.98 Å². The van der Waals surface area contributed by atoms with Crippen LogP contribution in [0.3, 0.4) is 0 Å². The van der Waals surface area contributed by atoms with Crippen molar-refractivity contribution in [2.75, 3.05) is 0 Å². The lowest BCUT2D eigenvalue weighted by atomic mass is 10.2. The first-order valence-corrected chi connectivity index (χ1v) is 7.88. The average Bonchev–Trinajstić information content (AvgIpc) is 3.00. The van der Waals surface area contributed by atoms with Gasteiger partial charge in [-0.3, -0.25) is 4.98 Å². The zero-order valence-electron chi connectivity index (χ0n) is 12.7. The molecule has 110 valence electrons. The van der Waals surface area contributed by atoms with Crippen LogP contribution in [0.4, 0.5) is 0 Å². The molecule has 21 heavy (non-hydrogen) atoms. The zero-order valence-corrected chi connectivity index (χ0v) is 13.5. The van der Waals surface area contributed by atoms with Gasteiger partial charge in [-0.2, -0.15) is 0 Å². The van der Waals surface area contributed by atoms with Crippen LogP contribution in [0.15, 0.2) is 47.8 Å². The van der Waals surface area contributed by atoms with Crippen molar-refractivity contribution >= 4 is 16.9 Å². The van der Waals surface area contributed by atoms with Crippen LogP contribution in [0.2, 0.25) is 0 Å². The van der Waals surface area contributed by atoms with Gasteiger partial charge in [0.1, 0.15) is 6.61 Å². The van der Waals surface area contributed by atoms with E-state index in [-0.39, 0.29) is 0 Å². The molecule has 0 aromatic carbocycles. The minimum atomic E-state index is 0.564. The number of allylic oxidation sites excluding steroid dienone is 4. The molecule has 0 bridgehead atoms. The van der Waals surface area contributed by atoms with Crippen LogP contribution in [0.25, 0.3) is 5.57 Å². The predicted molar refractivity (Wildman–Crippen MR) is 87.9 cm³/mol. The molecule has 0 aliphatic carbocycles. The smallest absolute Gasteiger partial charge is 0.113 e. The van der Waals surface area contributed by atoms with Gasteiger partial charge in [0.05, 0.1) is 16.5 Å². The Bertz CT molecular complexity index is 629. The van der Waals surface area contributed by atoms with E-state index in [9.17, 15) is 0 Å². The Morgan fingerprint density at radius 2 is 2.00 bits per heavy atom. The molecule has 0 aliphatic rings. The zero-order chi connectivity index (χ0) is 15.1. The molecule has 2 aromatic rings. The summed E-state index contributed by atoms with van der Waals surface area (Å²) in [6, 6.07) is 3.91. The van der Waals surface area contributed by atoms with Gasteiger partial charge in [0.25, 0.3) is 0 Å². The fraction of sp³-hybridized carbons (Fsp3) is 0.294. The van der Waals surface area contributed by atoms with Crippen LogP contribution < -0.4 is 0 Å². The molecule has 2 aromatic heterocycles. The molecule has 2 rings (SSSR count). The first-order valence-electron chi connectivity index (χ1n) is 7.00. The summed E-state index contributed by atoms with van der Waals surface area (Å²) in [5, 5.41) is 3.28. The van der Waals surface area contributed by atoms with Crippen LogP contribution in [-0.2, 0) is 17.8 Å². The molecule has 0 spiro atoms. The Morgan fingerprint density at radius 1 is 1.24 bits per heavy atom. The fourth-order valence-electron chi connectivity index (χ4n) is 1.71. The van der Waals surface area contributed by atoms with Crippen molar-refractivity contribution in [1.82, 2.24) is 9.97 Å². The Labute approximate surface area is 130 Å². The van der Waals surface area contributed by atoms with E-state index in [1.807, 2.05) is 25.1 Å². The van der Waals surface area contributed by atoms with Gasteiger partial charge in [-0.15, -0.1) is 11.3 Å². The highest BCUT2D eigenvalue weighted by molar-refractivity contribution is 7.09. The van der Waals surface area contributed by atoms with E-state index >= 15 is 0 Å². The molecule has 0 fully saturated rings. The van der Waals surface area contributed by atoms with Crippen molar-refractivity contribution in [2.24, 2.45) is 0 Å². The second-order valence-corrected chi connectivity index (χ2v) is 5.69. The van der Waals surface area contributed by atoms with Crippen molar-refractivity contribution in [2.45, 2.75) is 33.8 Å². The lowest BCUT2D eigenvalue weighted by Gasteiger charge is -2.05. The van der Waals surface area contributed by atoms with Crippen LogP contribution in [0, 0.1) is 0 Å². The topological polar surface area (TPSA) is 35.0 Å². The van der Waals surface area contributed by atoms with E-state index in [0.29, 0.717) is 6.61 Å². The number of nitrogens with zero attached hydrogens (tertiary/aromatic N) is 2.